The number of rotatable bonds is 7. The second kappa shape index (κ2) is 6.44. The first-order chi connectivity index (χ1) is 5.62. The first-order valence-electron chi connectivity index (χ1n) is 4.92. The minimum Gasteiger partial charge on any atom is -0.388 e. The molecule has 74 valence electrons. The molecular formula is C10H22O2. The van der Waals surface area contributed by atoms with E-state index >= 15 is 0 Å². The van der Waals surface area contributed by atoms with Crippen LogP contribution in [0.1, 0.15) is 46.5 Å². The summed E-state index contributed by atoms with van der Waals surface area (Å²) in [6.07, 6.45) is 4.29. The summed E-state index contributed by atoms with van der Waals surface area (Å²) in [5, 5.41) is 9.55. The van der Waals surface area contributed by atoms with E-state index in [4.69, 9.17) is 4.74 Å². The molecule has 0 radical (unpaired) electrons. The molecule has 1 atom stereocenters. The lowest BCUT2D eigenvalue weighted by Crippen LogP contribution is -2.29. The maximum atomic E-state index is 9.55. The van der Waals surface area contributed by atoms with Crippen molar-refractivity contribution in [1.29, 1.82) is 0 Å². The molecule has 0 aliphatic heterocycles. The van der Waals surface area contributed by atoms with Crippen molar-refractivity contribution in [1.82, 2.24) is 0 Å². The van der Waals surface area contributed by atoms with E-state index in [1.807, 2.05) is 13.8 Å². The van der Waals surface area contributed by atoms with Crippen molar-refractivity contribution < 1.29 is 9.84 Å². The Hall–Kier alpha value is -0.0800. The molecule has 0 saturated heterocycles. The van der Waals surface area contributed by atoms with Crippen molar-refractivity contribution in [3.8, 4) is 0 Å². The molecule has 0 heterocycles. The van der Waals surface area contributed by atoms with Gasteiger partial charge in [0, 0.05) is 6.61 Å². The Morgan fingerprint density at radius 3 is 2.42 bits per heavy atom. The highest BCUT2D eigenvalue weighted by Crippen LogP contribution is 2.08. The van der Waals surface area contributed by atoms with Gasteiger partial charge in [-0.05, 0) is 19.8 Å². The molecule has 2 nitrogen and oxygen atoms in total. The highest BCUT2D eigenvalue weighted by atomic mass is 16.5. The van der Waals surface area contributed by atoms with Crippen molar-refractivity contribution in [2.45, 2.75) is 52.1 Å². The number of ether oxygens (including phenoxy) is 1. The maximum absolute atomic E-state index is 9.55. The van der Waals surface area contributed by atoms with Crippen molar-refractivity contribution in [2.75, 3.05) is 13.2 Å². The minimum absolute atomic E-state index is 0.465. The molecular weight excluding hydrogens is 152 g/mol. The molecule has 1 unspecified atom stereocenters. The van der Waals surface area contributed by atoms with Gasteiger partial charge in [-0.2, -0.15) is 0 Å². The summed E-state index contributed by atoms with van der Waals surface area (Å²) in [5.41, 5.74) is -0.633. The average molecular weight is 174 g/mol. The van der Waals surface area contributed by atoms with Crippen LogP contribution in [0.2, 0.25) is 0 Å². The number of unbranched alkanes of at least 4 members (excludes halogenated alkanes) is 2. The van der Waals surface area contributed by atoms with Gasteiger partial charge in [-0.15, -0.1) is 0 Å². The highest BCUT2D eigenvalue weighted by molar-refractivity contribution is 4.68. The van der Waals surface area contributed by atoms with Crippen molar-refractivity contribution >= 4 is 0 Å². The van der Waals surface area contributed by atoms with E-state index in [0.29, 0.717) is 6.61 Å². The van der Waals surface area contributed by atoms with Crippen molar-refractivity contribution in [3.63, 3.8) is 0 Å². The van der Waals surface area contributed by atoms with E-state index in [1.54, 1.807) is 0 Å². The Labute approximate surface area is 75.9 Å². The smallest absolute Gasteiger partial charge is 0.0849 e. The fraction of sp³-hybridized carbons (Fsp3) is 1.00. The van der Waals surface area contributed by atoms with Crippen LogP contribution in [0.4, 0.5) is 0 Å². The molecule has 0 amide bonds. The quantitative estimate of drug-likeness (QED) is 0.600. The third-order valence-electron chi connectivity index (χ3n) is 2.07. The van der Waals surface area contributed by atoms with Crippen LogP contribution >= 0.6 is 0 Å². The predicted octanol–water partition coefficient (Wildman–Crippen LogP) is 2.35. The van der Waals surface area contributed by atoms with Gasteiger partial charge in [0.05, 0.1) is 12.2 Å². The van der Waals surface area contributed by atoms with Crippen LogP contribution in [-0.4, -0.2) is 23.9 Å². The van der Waals surface area contributed by atoms with E-state index in [0.717, 1.165) is 19.4 Å². The second-order valence-corrected chi connectivity index (χ2v) is 3.61. The summed E-state index contributed by atoms with van der Waals surface area (Å²) < 4.78 is 5.34. The summed E-state index contributed by atoms with van der Waals surface area (Å²) in [6, 6.07) is 0. The largest absolute Gasteiger partial charge is 0.388 e. The van der Waals surface area contributed by atoms with E-state index in [2.05, 4.69) is 6.92 Å². The van der Waals surface area contributed by atoms with Crippen LogP contribution in [0.3, 0.4) is 0 Å². The van der Waals surface area contributed by atoms with Gasteiger partial charge in [-0.25, -0.2) is 0 Å². The molecule has 0 bridgehead atoms. The first-order valence-corrected chi connectivity index (χ1v) is 4.92. The molecule has 0 aromatic heterocycles. The van der Waals surface area contributed by atoms with E-state index < -0.39 is 5.60 Å². The molecule has 0 aliphatic rings. The number of aliphatic hydroxyl groups is 1. The molecule has 1 N–H and O–H groups in total. The van der Waals surface area contributed by atoms with Crippen LogP contribution in [0.25, 0.3) is 0 Å². The van der Waals surface area contributed by atoms with E-state index in [1.165, 1.54) is 12.8 Å². The molecule has 12 heavy (non-hydrogen) atoms. The molecule has 0 aliphatic carbocycles. The van der Waals surface area contributed by atoms with Gasteiger partial charge in [-0.3, -0.25) is 0 Å². The lowest BCUT2D eigenvalue weighted by Gasteiger charge is -2.20. The van der Waals surface area contributed by atoms with Gasteiger partial charge in [0.2, 0.25) is 0 Å². The van der Waals surface area contributed by atoms with Gasteiger partial charge in [0.1, 0.15) is 0 Å². The van der Waals surface area contributed by atoms with Gasteiger partial charge >= 0.3 is 0 Å². The molecule has 0 saturated carbocycles. The molecule has 0 aromatic carbocycles. The van der Waals surface area contributed by atoms with Crippen molar-refractivity contribution in [3.05, 3.63) is 0 Å². The fourth-order valence-corrected chi connectivity index (χ4v) is 0.848. The normalized spacial score (nSPS) is 16.0. The molecule has 0 rings (SSSR count). The zero-order valence-electron chi connectivity index (χ0n) is 8.60. The maximum Gasteiger partial charge on any atom is 0.0849 e. The zero-order valence-corrected chi connectivity index (χ0v) is 8.60. The molecule has 2 heteroatoms. The topological polar surface area (TPSA) is 29.5 Å². The van der Waals surface area contributed by atoms with Gasteiger partial charge in [0.15, 0.2) is 0 Å². The Bertz CT molecular complexity index is 100. The van der Waals surface area contributed by atoms with Gasteiger partial charge in [-0.1, -0.05) is 26.7 Å². The minimum atomic E-state index is -0.633. The lowest BCUT2D eigenvalue weighted by molar-refractivity contribution is -0.0364. The third kappa shape index (κ3) is 6.62. The molecule has 0 spiro atoms. The predicted molar refractivity (Wildman–Crippen MR) is 51.3 cm³/mol. The first kappa shape index (κ1) is 11.9. The standard InChI is InChI=1S/C10H22O2/c1-4-6-7-8-12-9-10(3,11)5-2/h11H,4-9H2,1-3H3. The second-order valence-electron chi connectivity index (χ2n) is 3.61. The van der Waals surface area contributed by atoms with Crippen LogP contribution in [0.15, 0.2) is 0 Å². The number of hydrogen-bond acceptors (Lipinski definition) is 2. The van der Waals surface area contributed by atoms with E-state index in [9.17, 15) is 5.11 Å². The summed E-state index contributed by atoms with van der Waals surface area (Å²) >= 11 is 0. The summed E-state index contributed by atoms with van der Waals surface area (Å²) in [6.45, 7) is 7.20. The average Bonchev–Trinajstić information content (AvgIpc) is 2.04. The fourth-order valence-electron chi connectivity index (χ4n) is 0.848. The lowest BCUT2D eigenvalue weighted by atomic mass is 10.1. The van der Waals surface area contributed by atoms with Crippen LogP contribution in [0.5, 0.6) is 0 Å². The third-order valence-corrected chi connectivity index (χ3v) is 2.07. The van der Waals surface area contributed by atoms with Crippen LogP contribution < -0.4 is 0 Å². The monoisotopic (exact) mass is 174 g/mol. The summed E-state index contributed by atoms with van der Waals surface area (Å²) in [4.78, 5) is 0. The summed E-state index contributed by atoms with van der Waals surface area (Å²) in [7, 11) is 0. The van der Waals surface area contributed by atoms with E-state index in [-0.39, 0.29) is 0 Å². The van der Waals surface area contributed by atoms with Gasteiger partial charge in [0.25, 0.3) is 0 Å². The summed E-state index contributed by atoms with van der Waals surface area (Å²) in [5.74, 6) is 0. The SMILES string of the molecule is CCCCCOCC(C)(O)CC. The molecule has 0 aromatic rings. The molecule has 0 fully saturated rings. The van der Waals surface area contributed by atoms with Crippen LogP contribution in [-0.2, 0) is 4.74 Å². The number of hydrogen-bond donors (Lipinski definition) is 1. The van der Waals surface area contributed by atoms with Gasteiger partial charge < -0.3 is 9.84 Å². The Balaban J connectivity index is 3.19. The van der Waals surface area contributed by atoms with Crippen molar-refractivity contribution in [2.24, 2.45) is 0 Å². The zero-order chi connectivity index (χ0) is 9.45. The Kier molecular flexibility index (Phi) is 6.39. The Morgan fingerprint density at radius 1 is 1.25 bits per heavy atom. The Morgan fingerprint density at radius 2 is 1.92 bits per heavy atom. The van der Waals surface area contributed by atoms with Crippen LogP contribution in [0, 0.1) is 0 Å². The highest BCUT2D eigenvalue weighted by Gasteiger charge is 2.16.